The molecule has 4 heteroatoms. The van der Waals surface area contributed by atoms with E-state index < -0.39 is 0 Å². The first-order valence-corrected chi connectivity index (χ1v) is 7.27. The molecule has 0 amide bonds. The number of hydrogen-bond donors (Lipinski definition) is 1. The molecule has 19 heavy (non-hydrogen) atoms. The Morgan fingerprint density at radius 3 is 2.89 bits per heavy atom. The normalized spacial score (nSPS) is 12.4. The molecule has 1 unspecified atom stereocenters. The van der Waals surface area contributed by atoms with Crippen molar-refractivity contribution in [3.8, 4) is 5.88 Å². The molecule has 0 fully saturated rings. The van der Waals surface area contributed by atoms with Gasteiger partial charge in [-0.3, -0.25) is 0 Å². The molecule has 0 aromatic carbocycles. The Morgan fingerprint density at radius 2 is 2.21 bits per heavy atom. The largest absolute Gasteiger partial charge is 0.481 e. The van der Waals surface area contributed by atoms with Gasteiger partial charge in [0, 0.05) is 34.1 Å². The van der Waals surface area contributed by atoms with Gasteiger partial charge in [-0.1, -0.05) is 6.07 Å². The van der Waals surface area contributed by atoms with E-state index in [9.17, 15) is 0 Å². The second-order valence-corrected chi connectivity index (χ2v) is 6.04. The first-order valence-electron chi connectivity index (χ1n) is 6.45. The van der Waals surface area contributed by atoms with Crippen LogP contribution in [0.15, 0.2) is 30.5 Å². The SMILES string of the molecule is COc1ncccc1CNC(C)Cc1ccc(C)s1. The van der Waals surface area contributed by atoms with Crippen LogP contribution in [0.5, 0.6) is 5.88 Å². The van der Waals surface area contributed by atoms with E-state index in [0.29, 0.717) is 11.9 Å². The lowest BCUT2D eigenvalue weighted by Crippen LogP contribution is -2.27. The molecule has 2 aromatic heterocycles. The summed E-state index contributed by atoms with van der Waals surface area (Å²) in [5, 5.41) is 3.52. The Labute approximate surface area is 118 Å². The van der Waals surface area contributed by atoms with E-state index in [1.165, 1.54) is 9.75 Å². The van der Waals surface area contributed by atoms with Crippen molar-refractivity contribution in [1.29, 1.82) is 0 Å². The Hall–Kier alpha value is -1.39. The van der Waals surface area contributed by atoms with Gasteiger partial charge < -0.3 is 10.1 Å². The van der Waals surface area contributed by atoms with Crippen molar-refractivity contribution < 1.29 is 4.74 Å². The summed E-state index contributed by atoms with van der Waals surface area (Å²) in [4.78, 5) is 7.00. The van der Waals surface area contributed by atoms with Crippen LogP contribution >= 0.6 is 11.3 Å². The molecule has 102 valence electrons. The van der Waals surface area contributed by atoms with E-state index >= 15 is 0 Å². The third-order valence-corrected chi connectivity index (χ3v) is 4.01. The van der Waals surface area contributed by atoms with Crippen LogP contribution in [0.2, 0.25) is 0 Å². The molecular weight excluding hydrogens is 256 g/mol. The maximum atomic E-state index is 5.25. The van der Waals surface area contributed by atoms with E-state index in [-0.39, 0.29) is 0 Å². The second-order valence-electron chi connectivity index (χ2n) is 4.67. The lowest BCUT2D eigenvalue weighted by Gasteiger charge is -2.14. The van der Waals surface area contributed by atoms with Gasteiger partial charge in [0.05, 0.1) is 7.11 Å². The Kier molecular flexibility index (Phi) is 4.93. The molecule has 0 radical (unpaired) electrons. The Morgan fingerprint density at radius 1 is 1.37 bits per heavy atom. The second kappa shape index (κ2) is 6.68. The maximum Gasteiger partial charge on any atom is 0.217 e. The van der Waals surface area contributed by atoms with Gasteiger partial charge in [0.25, 0.3) is 0 Å². The summed E-state index contributed by atoms with van der Waals surface area (Å²) in [5.41, 5.74) is 1.10. The zero-order chi connectivity index (χ0) is 13.7. The van der Waals surface area contributed by atoms with Crippen LogP contribution in [0.3, 0.4) is 0 Å². The highest BCUT2D eigenvalue weighted by molar-refractivity contribution is 7.11. The van der Waals surface area contributed by atoms with Crippen molar-refractivity contribution in [2.45, 2.75) is 32.9 Å². The van der Waals surface area contributed by atoms with Crippen molar-refractivity contribution in [2.75, 3.05) is 7.11 Å². The third kappa shape index (κ3) is 4.04. The van der Waals surface area contributed by atoms with Gasteiger partial charge >= 0.3 is 0 Å². The fraction of sp³-hybridized carbons (Fsp3) is 0.400. The minimum Gasteiger partial charge on any atom is -0.481 e. The number of nitrogens with one attached hydrogen (secondary N) is 1. The summed E-state index contributed by atoms with van der Waals surface area (Å²) >= 11 is 1.87. The number of methoxy groups -OCH3 is 1. The van der Waals surface area contributed by atoms with Crippen molar-refractivity contribution in [1.82, 2.24) is 10.3 Å². The highest BCUT2D eigenvalue weighted by Gasteiger charge is 2.07. The summed E-state index contributed by atoms with van der Waals surface area (Å²) in [7, 11) is 1.66. The lowest BCUT2D eigenvalue weighted by atomic mass is 10.2. The van der Waals surface area contributed by atoms with Crippen LogP contribution in [0, 0.1) is 6.92 Å². The standard InChI is InChI=1S/C15H20N2OS/c1-11(9-14-7-6-12(2)19-14)17-10-13-5-4-8-16-15(13)18-3/h4-8,11,17H,9-10H2,1-3H3. The van der Waals surface area contributed by atoms with Crippen molar-refractivity contribution in [3.63, 3.8) is 0 Å². The minimum absolute atomic E-state index is 0.433. The van der Waals surface area contributed by atoms with E-state index in [1.54, 1.807) is 13.3 Å². The summed E-state index contributed by atoms with van der Waals surface area (Å²) < 4.78 is 5.25. The van der Waals surface area contributed by atoms with Gasteiger partial charge in [0.1, 0.15) is 0 Å². The van der Waals surface area contributed by atoms with Gasteiger partial charge in [0.2, 0.25) is 5.88 Å². The van der Waals surface area contributed by atoms with Crippen LogP contribution in [-0.2, 0) is 13.0 Å². The monoisotopic (exact) mass is 276 g/mol. The van der Waals surface area contributed by atoms with Gasteiger partial charge in [0.15, 0.2) is 0 Å². The number of aromatic nitrogens is 1. The number of thiophene rings is 1. The number of nitrogens with zero attached hydrogens (tertiary/aromatic N) is 1. The molecule has 2 rings (SSSR count). The zero-order valence-corrected chi connectivity index (χ0v) is 12.5. The van der Waals surface area contributed by atoms with Gasteiger partial charge in [-0.15, -0.1) is 11.3 Å². The van der Waals surface area contributed by atoms with E-state index in [0.717, 1.165) is 18.5 Å². The smallest absolute Gasteiger partial charge is 0.217 e. The number of aryl methyl sites for hydroxylation is 1. The number of ether oxygens (including phenoxy) is 1. The topological polar surface area (TPSA) is 34.1 Å². The average molecular weight is 276 g/mol. The Balaban J connectivity index is 1.87. The van der Waals surface area contributed by atoms with Crippen LogP contribution in [0.25, 0.3) is 0 Å². The fourth-order valence-corrected chi connectivity index (χ4v) is 3.01. The molecule has 0 saturated carbocycles. The number of rotatable bonds is 6. The minimum atomic E-state index is 0.433. The third-order valence-electron chi connectivity index (χ3n) is 2.99. The molecule has 2 aromatic rings. The van der Waals surface area contributed by atoms with Crippen molar-refractivity contribution in [3.05, 3.63) is 45.8 Å². The molecule has 0 bridgehead atoms. The maximum absolute atomic E-state index is 5.25. The lowest BCUT2D eigenvalue weighted by molar-refractivity contribution is 0.389. The highest BCUT2D eigenvalue weighted by Crippen LogP contribution is 2.17. The van der Waals surface area contributed by atoms with Crippen molar-refractivity contribution >= 4 is 11.3 Å². The summed E-state index contributed by atoms with van der Waals surface area (Å²) in [6, 6.07) is 8.80. The Bertz CT molecular complexity index is 524. The van der Waals surface area contributed by atoms with Crippen molar-refractivity contribution in [2.24, 2.45) is 0 Å². The van der Waals surface area contributed by atoms with Crippen LogP contribution < -0.4 is 10.1 Å². The predicted molar refractivity (Wildman–Crippen MR) is 79.9 cm³/mol. The molecule has 0 aliphatic heterocycles. The molecule has 3 nitrogen and oxygen atoms in total. The van der Waals surface area contributed by atoms with Gasteiger partial charge in [-0.05, 0) is 38.5 Å². The predicted octanol–water partition coefficient (Wildman–Crippen LogP) is 3.18. The van der Waals surface area contributed by atoms with Crippen LogP contribution in [0.4, 0.5) is 0 Å². The molecule has 0 saturated heterocycles. The van der Waals surface area contributed by atoms with E-state index in [4.69, 9.17) is 4.74 Å². The molecule has 0 aliphatic rings. The van der Waals surface area contributed by atoms with E-state index in [2.05, 4.69) is 36.3 Å². The number of pyridine rings is 1. The fourth-order valence-electron chi connectivity index (χ4n) is 2.00. The first kappa shape index (κ1) is 14.0. The van der Waals surface area contributed by atoms with E-state index in [1.807, 2.05) is 23.5 Å². The first-order chi connectivity index (χ1) is 9.19. The summed E-state index contributed by atoms with van der Waals surface area (Å²) in [6.45, 7) is 5.13. The van der Waals surface area contributed by atoms with Crippen LogP contribution in [0.1, 0.15) is 22.2 Å². The number of hydrogen-bond acceptors (Lipinski definition) is 4. The van der Waals surface area contributed by atoms with Gasteiger partial charge in [-0.2, -0.15) is 0 Å². The molecule has 1 atom stereocenters. The highest BCUT2D eigenvalue weighted by atomic mass is 32.1. The average Bonchev–Trinajstić information content (AvgIpc) is 2.82. The molecule has 0 spiro atoms. The zero-order valence-electron chi connectivity index (χ0n) is 11.6. The summed E-state index contributed by atoms with van der Waals surface area (Å²) in [5.74, 6) is 0.703. The van der Waals surface area contributed by atoms with Gasteiger partial charge in [-0.25, -0.2) is 4.98 Å². The van der Waals surface area contributed by atoms with Crippen LogP contribution in [-0.4, -0.2) is 18.1 Å². The molecule has 1 N–H and O–H groups in total. The molecule has 0 aliphatic carbocycles. The molecular formula is C15H20N2OS. The molecule has 2 heterocycles. The summed E-state index contributed by atoms with van der Waals surface area (Å²) in [6.07, 6.45) is 2.81. The quantitative estimate of drug-likeness (QED) is 0.880.